The van der Waals surface area contributed by atoms with Crippen molar-refractivity contribution < 1.29 is 9.47 Å². The molecule has 3 nitrogen and oxygen atoms in total. The summed E-state index contributed by atoms with van der Waals surface area (Å²) in [5.74, 6) is 0. The average molecular weight is 285 g/mol. The van der Waals surface area contributed by atoms with Crippen molar-refractivity contribution in [1.29, 1.82) is 0 Å². The number of hydrogen-bond acceptors (Lipinski definition) is 3. The second-order valence-corrected chi connectivity index (χ2v) is 6.68. The van der Waals surface area contributed by atoms with Gasteiger partial charge < -0.3 is 14.8 Å². The van der Waals surface area contributed by atoms with Crippen molar-refractivity contribution in [2.24, 2.45) is 0 Å². The smallest absolute Gasteiger partial charge is 0.0728 e. The highest BCUT2D eigenvalue weighted by Gasteiger charge is 2.24. The first-order valence-corrected chi connectivity index (χ1v) is 8.49. The van der Waals surface area contributed by atoms with E-state index < -0.39 is 0 Å². The van der Waals surface area contributed by atoms with Crippen LogP contribution in [-0.4, -0.2) is 38.0 Å². The Kier molecular flexibility index (Phi) is 8.74. The third-order valence-electron chi connectivity index (χ3n) is 4.45. The summed E-state index contributed by atoms with van der Waals surface area (Å²) >= 11 is 0. The Morgan fingerprint density at radius 1 is 1.10 bits per heavy atom. The zero-order valence-electron chi connectivity index (χ0n) is 14.0. The van der Waals surface area contributed by atoms with Crippen LogP contribution < -0.4 is 5.32 Å². The first-order valence-electron chi connectivity index (χ1n) is 8.49. The highest BCUT2D eigenvalue weighted by Crippen LogP contribution is 2.22. The van der Waals surface area contributed by atoms with Crippen LogP contribution in [0.1, 0.15) is 72.1 Å². The molecule has 1 N–H and O–H groups in total. The monoisotopic (exact) mass is 285 g/mol. The Morgan fingerprint density at radius 2 is 1.80 bits per heavy atom. The second kappa shape index (κ2) is 9.75. The Hall–Kier alpha value is -0.120. The molecular formula is C17H35NO2. The molecule has 0 aromatic heterocycles. The molecule has 120 valence electrons. The van der Waals surface area contributed by atoms with Crippen LogP contribution in [-0.2, 0) is 9.47 Å². The van der Waals surface area contributed by atoms with Crippen molar-refractivity contribution in [1.82, 2.24) is 5.32 Å². The molecule has 1 aliphatic carbocycles. The fourth-order valence-corrected chi connectivity index (χ4v) is 2.77. The van der Waals surface area contributed by atoms with E-state index in [2.05, 4.69) is 26.1 Å². The number of methoxy groups -OCH3 is 1. The summed E-state index contributed by atoms with van der Waals surface area (Å²) in [5, 5.41) is 3.69. The minimum absolute atomic E-state index is 0.0754. The molecule has 3 heteroatoms. The van der Waals surface area contributed by atoms with Crippen molar-refractivity contribution in [2.75, 3.05) is 20.3 Å². The van der Waals surface area contributed by atoms with Crippen LogP contribution in [0.4, 0.5) is 0 Å². The van der Waals surface area contributed by atoms with Gasteiger partial charge in [-0.1, -0.05) is 32.6 Å². The number of nitrogens with one attached hydrogen (secondary N) is 1. The molecule has 20 heavy (non-hydrogen) atoms. The third kappa shape index (κ3) is 7.05. The number of ether oxygens (including phenoxy) is 2. The molecule has 0 amide bonds. The lowest BCUT2D eigenvalue weighted by molar-refractivity contribution is -0.0394. The predicted molar refractivity (Wildman–Crippen MR) is 85.2 cm³/mol. The molecule has 1 rings (SSSR count). The molecule has 0 spiro atoms. The van der Waals surface area contributed by atoms with Gasteiger partial charge in [-0.25, -0.2) is 0 Å². The molecule has 0 radical (unpaired) electrons. The zero-order valence-corrected chi connectivity index (χ0v) is 14.0. The maximum Gasteiger partial charge on any atom is 0.0728 e. The zero-order chi connectivity index (χ0) is 14.8. The lowest BCUT2D eigenvalue weighted by Gasteiger charge is -2.31. The van der Waals surface area contributed by atoms with Crippen LogP contribution in [0.3, 0.4) is 0 Å². The van der Waals surface area contributed by atoms with Gasteiger partial charge in [0.2, 0.25) is 0 Å². The summed E-state index contributed by atoms with van der Waals surface area (Å²) < 4.78 is 11.7. The van der Waals surface area contributed by atoms with Crippen LogP contribution >= 0.6 is 0 Å². The van der Waals surface area contributed by atoms with Crippen LogP contribution in [0.2, 0.25) is 0 Å². The molecule has 0 aromatic carbocycles. The van der Waals surface area contributed by atoms with E-state index in [1.165, 1.54) is 44.9 Å². The Morgan fingerprint density at radius 3 is 2.45 bits per heavy atom. The van der Waals surface area contributed by atoms with Gasteiger partial charge in [-0.15, -0.1) is 0 Å². The van der Waals surface area contributed by atoms with E-state index in [1.807, 2.05) is 0 Å². The summed E-state index contributed by atoms with van der Waals surface area (Å²) in [6.07, 6.45) is 10.4. The molecule has 0 heterocycles. The van der Waals surface area contributed by atoms with Crippen molar-refractivity contribution in [3.63, 3.8) is 0 Å². The van der Waals surface area contributed by atoms with Gasteiger partial charge >= 0.3 is 0 Å². The minimum atomic E-state index is -0.0754. The van der Waals surface area contributed by atoms with Crippen LogP contribution in [0, 0.1) is 0 Å². The summed E-state index contributed by atoms with van der Waals surface area (Å²) in [6.45, 7) is 8.39. The number of rotatable bonds is 8. The van der Waals surface area contributed by atoms with Crippen molar-refractivity contribution in [2.45, 2.75) is 89.9 Å². The predicted octanol–water partition coefficient (Wildman–Crippen LogP) is 3.91. The van der Waals surface area contributed by atoms with Gasteiger partial charge in [-0.05, 0) is 46.1 Å². The fourth-order valence-electron chi connectivity index (χ4n) is 2.77. The van der Waals surface area contributed by atoms with Gasteiger partial charge in [0.25, 0.3) is 0 Å². The number of hydrogen-bond donors (Lipinski definition) is 1. The SMILES string of the molecule is CCCNC1CCCCCCC1OCCC(C)(C)OC. The molecular weight excluding hydrogens is 250 g/mol. The topological polar surface area (TPSA) is 30.5 Å². The summed E-state index contributed by atoms with van der Waals surface area (Å²) in [7, 11) is 1.78. The standard InChI is InChI=1S/C17H35NO2/c1-5-13-18-15-10-8-6-7-9-11-16(15)20-14-12-17(2,3)19-4/h15-16,18H,5-14H2,1-4H3. The molecule has 1 aliphatic rings. The minimum Gasteiger partial charge on any atom is -0.379 e. The molecule has 2 atom stereocenters. The third-order valence-corrected chi connectivity index (χ3v) is 4.45. The van der Waals surface area contributed by atoms with E-state index in [4.69, 9.17) is 9.47 Å². The van der Waals surface area contributed by atoms with E-state index in [1.54, 1.807) is 7.11 Å². The summed E-state index contributed by atoms with van der Waals surface area (Å²) in [5.41, 5.74) is -0.0754. The van der Waals surface area contributed by atoms with Crippen molar-refractivity contribution in [3.8, 4) is 0 Å². The maximum atomic E-state index is 6.22. The van der Waals surface area contributed by atoms with E-state index in [9.17, 15) is 0 Å². The van der Waals surface area contributed by atoms with Crippen LogP contribution in [0.15, 0.2) is 0 Å². The quantitative estimate of drug-likeness (QED) is 0.733. The Balaban J connectivity index is 2.42. The van der Waals surface area contributed by atoms with E-state index in [-0.39, 0.29) is 5.60 Å². The van der Waals surface area contributed by atoms with Crippen molar-refractivity contribution in [3.05, 3.63) is 0 Å². The van der Waals surface area contributed by atoms with E-state index >= 15 is 0 Å². The first kappa shape index (κ1) is 17.9. The lowest BCUT2D eigenvalue weighted by Crippen LogP contribution is -2.43. The molecule has 1 fully saturated rings. The molecule has 0 bridgehead atoms. The Bertz CT molecular complexity index is 241. The van der Waals surface area contributed by atoms with Crippen molar-refractivity contribution >= 4 is 0 Å². The van der Waals surface area contributed by atoms with Crippen LogP contribution in [0.5, 0.6) is 0 Å². The molecule has 2 unspecified atom stereocenters. The molecule has 1 saturated carbocycles. The van der Waals surface area contributed by atoms with Gasteiger partial charge in [0.1, 0.15) is 0 Å². The summed E-state index contributed by atoms with van der Waals surface area (Å²) in [4.78, 5) is 0. The van der Waals surface area contributed by atoms with Gasteiger partial charge in [-0.3, -0.25) is 0 Å². The second-order valence-electron chi connectivity index (χ2n) is 6.68. The fraction of sp³-hybridized carbons (Fsp3) is 1.00. The summed E-state index contributed by atoms with van der Waals surface area (Å²) in [6, 6.07) is 0.543. The molecule has 0 aromatic rings. The van der Waals surface area contributed by atoms with E-state index in [0.29, 0.717) is 12.1 Å². The molecule has 0 aliphatic heterocycles. The Labute approximate surface area is 125 Å². The van der Waals surface area contributed by atoms with Gasteiger partial charge in [-0.2, -0.15) is 0 Å². The largest absolute Gasteiger partial charge is 0.379 e. The highest BCUT2D eigenvalue weighted by atomic mass is 16.5. The highest BCUT2D eigenvalue weighted by molar-refractivity contribution is 4.80. The normalized spacial score (nSPS) is 25.2. The first-order chi connectivity index (χ1) is 9.59. The van der Waals surface area contributed by atoms with Gasteiger partial charge in [0.05, 0.1) is 11.7 Å². The van der Waals surface area contributed by atoms with E-state index in [0.717, 1.165) is 19.6 Å². The average Bonchev–Trinajstić information content (AvgIpc) is 2.40. The van der Waals surface area contributed by atoms with Gasteiger partial charge in [0.15, 0.2) is 0 Å². The van der Waals surface area contributed by atoms with Crippen LogP contribution in [0.25, 0.3) is 0 Å². The maximum absolute atomic E-state index is 6.22. The van der Waals surface area contributed by atoms with Gasteiger partial charge in [0, 0.05) is 19.8 Å². The molecule has 0 saturated heterocycles. The lowest BCUT2D eigenvalue weighted by atomic mass is 9.94.